The molecule has 0 spiro atoms. The number of carboxylic acids is 1. The first-order chi connectivity index (χ1) is 8.81. The molecule has 0 aliphatic rings. The third-order valence-electron chi connectivity index (χ3n) is 2.40. The Balaban J connectivity index is 2.67. The molecule has 0 saturated heterocycles. The van der Waals surface area contributed by atoms with Gasteiger partial charge in [0.25, 0.3) is 0 Å². The molecule has 7 nitrogen and oxygen atoms in total. The lowest BCUT2D eigenvalue weighted by Crippen LogP contribution is -2.19. The number of aromatic carboxylic acids is 1. The molecule has 1 rings (SSSR count). The summed E-state index contributed by atoms with van der Waals surface area (Å²) in [5.74, 6) is -0.727. The fourth-order valence-electron chi connectivity index (χ4n) is 1.47. The second-order valence-electron chi connectivity index (χ2n) is 4.04. The van der Waals surface area contributed by atoms with E-state index in [2.05, 4.69) is 10.3 Å². The van der Waals surface area contributed by atoms with Crippen LogP contribution in [0, 0.1) is 0 Å². The predicted molar refractivity (Wildman–Crippen MR) is 71.7 cm³/mol. The van der Waals surface area contributed by atoms with Crippen molar-refractivity contribution in [3.8, 4) is 0 Å². The Hall–Kier alpha value is -1.67. The van der Waals surface area contributed by atoms with E-state index < -0.39 is 16.0 Å². The summed E-state index contributed by atoms with van der Waals surface area (Å²) in [5.41, 5.74) is 0.814. The minimum atomic E-state index is -3.47. The fraction of sp³-hybridized carbons (Fsp3) is 0.455. The van der Waals surface area contributed by atoms with Crippen LogP contribution in [0.3, 0.4) is 0 Å². The van der Waals surface area contributed by atoms with Crippen LogP contribution in [0.4, 0.5) is 5.82 Å². The number of hydrogen-bond acceptors (Lipinski definition) is 5. The quantitative estimate of drug-likeness (QED) is 0.625. The van der Waals surface area contributed by atoms with E-state index in [1.54, 1.807) is 0 Å². The molecule has 0 aromatic carbocycles. The van der Waals surface area contributed by atoms with Crippen molar-refractivity contribution in [2.45, 2.75) is 19.8 Å². The molecule has 0 amide bonds. The lowest BCUT2D eigenvalue weighted by molar-refractivity contribution is 0.0696. The summed E-state index contributed by atoms with van der Waals surface area (Å²) in [7, 11) is -3.47. The van der Waals surface area contributed by atoms with Gasteiger partial charge in [0.15, 0.2) is 0 Å². The normalized spacial score (nSPS) is 11.3. The van der Waals surface area contributed by atoms with E-state index in [0.717, 1.165) is 0 Å². The molecule has 0 aliphatic carbocycles. The summed E-state index contributed by atoms with van der Waals surface area (Å²) in [6.45, 7) is 2.23. The zero-order valence-electron chi connectivity index (χ0n) is 10.6. The molecule has 0 aliphatic heterocycles. The van der Waals surface area contributed by atoms with E-state index in [-0.39, 0.29) is 11.3 Å². The van der Waals surface area contributed by atoms with Gasteiger partial charge in [0.05, 0.1) is 11.3 Å². The highest BCUT2D eigenvalue weighted by Crippen LogP contribution is 2.11. The molecule has 0 fully saturated rings. The first kappa shape index (κ1) is 15.4. The van der Waals surface area contributed by atoms with Crippen LogP contribution >= 0.6 is 0 Å². The van der Waals surface area contributed by atoms with Crippen molar-refractivity contribution < 1.29 is 18.3 Å². The Morgan fingerprint density at radius 3 is 2.68 bits per heavy atom. The van der Waals surface area contributed by atoms with Crippen molar-refractivity contribution in [1.82, 2.24) is 4.98 Å². The zero-order valence-corrected chi connectivity index (χ0v) is 11.4. The van der Waals surface area contributed by atoms with Gasteiger partial charge in [-0.1, -0.05) is 6.92 Å². The number of primary sulfonamides is 1. The molecular weight excluding hydrogens is 270 g/mol. The minimum absolute atomic E-state index is 0.126. The number of aromatic nitrogens is 1. The Morgan fingerprint density at radius 2 is 2.16 bits per heavy atom. The minimum Gasteiger partial charge on any atom is -0.478 e. The maximum atomic E-state index is 10.9. The molecule has 0 unspecified atom stereocenters. The Morgan fingerprint density at radius 1 is 1.47 bits per heavy atom. The number of anilines is 1. The molecule has 0 saturated carbocycles. The van der Waals surface area contributed by atoms with Gasteiger partial charge in [-0.3, -0.25) is 0 Å². The molecule has 1 heterocycles. The van der Waals surface area contributed by atoms with Gasteiger partial charge in [-0.15, -0.1) is 0 Å². The number of carbonyl (C=O) groups is 1. The molecule has 0 atom stereocenters. The van der Waals surface area contributed by atoms with Crippen molar-refractivity contribution in [2.75, 3.05) is 17.6 Å². The fourth-order valence-corrected chi connectivity index (χ4v) is 2.02. The van der Waals surface area contributed by atoms with Crippen LogP contribution in [0.1, 0.15) is 29.4 Å². The highest BCUT2D eigenvalue weighted by atomic mass is 32.2. The number of nitrogens with two attached hydrogens (primary N) is 1. The van der Waals surface area contributed by atoms with Crippen LogP contribution in [-0.4, -0.2) is 36.8 Å². The van der Waals surface area contributed by atoms with Gasteiger partial charge in [0.1, 0.15) is 5.82 Å². The number of rotatable bonds is 7. The average molecular weight is 287 g/mol. The zero-order chi connectivity index (χ0) is 14.5. The van der Waals surface area contributed by atoms with E-state index in [1.807, 2.05) is 6.92 Å². The Bertz CT molecular complexity index is 557. The van der Waals surface area contributed by atoms with Crippen LogP contribution in [-0.2, 0) is 16.4 Å². The van der Waals surface area contributed by atoms with Gasteiger partial charge >= 0.3 is 5.97 Å². The summed E-state index contributed by atoms with van der Waals surface area (Å²) >= 11 is 0. The number of nitrogens with zero attached hydrogens (tertiary/aromatic N) is 1. The summed E-state index contributed by atoms with van der Waals surface area (Å²) in [4.78, 5) is 15.1. The van der Waals surface area contributed by atoms with Crippen LogP contribution in [0.15, 0.2) is 12.1 Å². The van der Waals surface area contributed by atoms with E-state index in [0.29, 0.717) is 30.9 Å². The third kappa shape index (κ3) is 5.66. The Labute approximate surface area is 111 Å². The first-order valence-corrected chi connectivity index (χ1v) is 7.52. The standard InChI is InChI=1S/C11H17N3O4S/c1-2-9-6-8(11(15)16)7-10(14-9)13-4-3-5-19(12,17)18/h6-7H,2-5H2,1H3,(H,13,14)(H,15,16)(H2,12,17,18). The van der Waals surface area contributed by atoms with E-state index in [4.69, 9.17) is 10.2 Å². The monoisotopic (exact) mass is 287 g/mol. The molecule has 1 aromatic rings. The number of sulfonamides is 1. The van der Waals surface area contributed by atoms with Gasteiger partial charge < -0.3 is 10.4 Å². The topological polar surface area (TPSA) is 122 Å². The first-order valence-electron chi connectivity index (χ1n) is 5.80. The summed E-state index contributed by atoms with van der Waals surface area (Å²) in [6.07, 6.45) is 0.951. The molecule has 19 heavy (non-hydrogen) atoms. The van der Waals surface area contributed by atoms with E-state index in [1.165, 1.54) is 12.1 Å². The summed E-state index contributed by atoms with van der Waals surface area (Å²) in [5, 5.41) is 16.7. The molecule has 1 aromatic heterocycles. The highest BCUT2D eigenvalue weighted by Gasteiger charge is 2.08. The van der Waals surface area contributed by atoms with Crippen molar-refractivity contribution in [3.05, 3.63) is 23.4 Å². The van der Waals surface area contributed by atoms with Crippen molar-refractivity contribution in [3.63, 3.8) is 0 Å². The number of carboxylic acid groups (broad SMARTS) is 1. The number of aryl methyl sites for hydroxylation is 1. The van der Waals surface area contributed by atoms with Crippen LogP contribution in [0.2, 0.25) is 0 Å². The highest BCUT2D eigenvalue weighted by molar-refractivity contribution is 7.89. The number of nitrogens with one attached hydrogen (secondary N) is 1. The lowest BCUT2D eigenvalue weighted by Gasteiger charge is -2.08. The second kappa shape index (κ2) is 6.48. The maximum Gasteiger partial charge on any atom is 0.335 e. The molecule has 8 heteroatoms. The number of pyridine rings is 1. The largest absolute Gasteiger partial charge is 0.478 e. The summed E-state index contributed by atoms with van der Waals surface area (Å²) < 4.78 is 21.5. The van der Waals surface area contributed by atoms with E-state index >= 15 is 0 Å². The van der Waals surface area contributed by atoms with Gasteiger partial charge in [0, 0.05) is 12.2 Å². The third-order valence-corrected chi connectivity index (χ3v) is 3.26. The molecule has 4 N–H and O–H groups in total. The summed E-state index contributed by atoms with van der Waals surface area (Å²) in [6, 6.07) is 2.93. The second-order valence-corrected chi connectivity index (χ2v) is 5.77. The van der Waals surface area contributed by atoms with Gasteiger partial charge in [-0.25, -0.2) is 23.3 Å². The smallest absolute Gasteiger partial charge is 0.335 e. The molecule has 0 radical (unpaired) electrons. The van der Waals surface area contributed by atoms with Crippen molar-refractivity contribution >= 4 is 21.8 Å². The van der Waals surface area contributed by atoms with Crippen LogP contribution < -0.4 is 10.5 Å². The van der Waals surface area contributed by atoms with Gasteiger partial charge in [-0.05, 0) is 25.0 Å². The molecular formula is C11H17N3O4S. The molecule has 0 bridgehead atoms. The van der Waals surface area contributed by atoms with Crippen LogP contribution in [0.5, 0.6) is 0 Å². The predicted octanol–water partition coefficient (Wildman–Crippen LogP) is 0.433. The van der Waals surface area contributed by atoms with Crippen molar-refractivity contribution in [1.29, 1.82) is 0 Å². The van der Waals surface area contributed by atoms with Gasteiger partial charge in [0.2, 0.25) is 10.0 Å². The number of hydrogen-bond donors (Lipinski definition) is 3. The SMILES string of the molecule is CCc1cc(C(=O)O)cc(NCCCS(N)(=O)=O)n1. The van der Waals surface area contributed by atoms with Crippen molar-refractivity contribution in [2.24, 2.45) is 5.14 Å². The lowest BCUT2D eigenvalue weighted by atomic mass is 10.2. The average Bonchev–Trinajstić information content (AvgIpc) is 2.33. The van der Waals surface area contributed by atoms with E-state index in [9.17, 15) is 13.2 Å². The maximum absolute atomic E-state index is 10.9. The van der Waals surface area contributed by atoms with Gasteiger partial charge in [-0.2, -0.15) is 0 Å². The van der Waals surface area contributed by atoms with Crippen LogP contribution in [0.25, 0.3) is 0 Å². The molecule has 106 valence electrons. The Kier molecular flexibility index (Phi) is 5.25.